The highest BCUT2D eigenvalue weighted by Gasteiger charge is 2.42. The van der Waals surface area contributed by atoms with Crippen molar-refractivity contribution in [2.75, 3.05) is 6.54 Å². The Balaban J connectivity index is 1.89. The molecule has 1 N–H and O–H groups in total. The fourth-order valence-electron chi connectivity index (χ4n) is 4.29. The minimum Gasteiger partial charge on any atom is -0.314 e. The van der Waals surface area contributed by atoms with E-state index in [1.165, 1.54) is 22.3 Å². The fraction of sp³-hybridized carbons (Fsp3) is 0.435. The topological polar surface area (TPSA) is 35.8 Å². The Morgan fingerprint density at radius 1 is 1.00 bits per heavy atom. The number of benzene rings is 2. The Hall–Kier alpha value is -2.11. The molecule has 0 bridgehead atoms. The summed E-state index contributed by atoms with van der Waals surface area (Å²) in [6.45, 7) is 7.70. The minimum atomic E-state index is -0.499. The number of hydrogen-bond donors (Lipinski definition) is 1. The molecule has 0 amide bonds. The highest BCUT2D eigenvalue weighted by molar-refractivity contribution is 5.82. The van der Waals surface area contributed by atoms with Crippen LogP contribution in [0.5, 0.6) is 0 Å². The van der Waals surface area contributed by atoms with Gasteiger partial charge in [-0.3, -0.25) is 0 Å². The fourth-order valence-corrected chi connectivity index (χ4v) is 4.29. The lowest BCUT2D eigenvalue weighted by atomic mass is 9.75. The lowest BCUT2D eigenvalue weighted by Gasteiger charge is -2.27. The molecular formula is C23H28N2. The summed E-state index contributed by atoms with van der Waals surface area (Å²) in [6.07, 6.45) is 3.04. The summed E-state index contributed by atoms with van der Waals surface area (Å²) < 4.78 is 0. The van der Waals surface area contributed by atoms with E-state index in [9.17, 15) is 5.26 Å². The molecule has 0 saturated heterocycles. The van der Waals surface area contributed by atoms with Crippen molar-refractivity contribution in [3.63, 3.8) is 0 Å². The zero-order valence-corrected chi connectivity index (χ0v) is 15.5. The summed E-state index contributed by atoms with van der Waals surface area (Å²) in [5.41, 5.74) is 4.32. The van der Waals surface area contributed by atoms with E-state index in [-0.39, 0.29) is 0 Å². The van der Waals surface area contributed by atoms with Crippen LogP contribution in [0, 0.1) is 17.2 Å². The lowest BCUT2D eigenvalue weighted by molar-refractivity contribution is 0.365. The Labute approximate surface area is 151 Å². The molecule has 25 heavy (non-hydrogen) atoms. The van der Waals surface area contributed by atoms with Crippen molar-refractivity contribution in [1.29, 1.82) is 5.26 Å². The molecule has 2 heteroatoms. The summed E-state index contributed by atoms with van der Waals surface area (Å²) in [4.78, 5) is 0. The second kappa shape index (κ2) is 7.42. The Morgan fingerprint density at radius 2 is 1.56 bits per heavy atom. The van der Waals surface area contributed by atoms with Crippen molar-refractivity contribution < 1.29 is 0 Å². The Bertz CT molecular complexity index is 724. The van der Waals surface area contributed by atoms with Crippen molar-refractivity contribution in [3.05, 3.63) is 59.7 Å². The zero-order chi connectivity index (χ0) is 17.9. The van der Waals surface area contributed by atoms with E-state index in [4.69, 9.17) is 0 Å². The molecule has 1 aliphatic carbocycles. The van der Waals surface area contributed by atoms with E-state index in [0.717, 1.165) is 25.8 Å². The molecule has 1 aliphatic rings. The second-order valence-electron chi connectivity index (χ2n) is 7.41. The number of nitriles is 1. The van der Waals surface area contributed by atoms with Gasteiger partial charge in [0.25, 0.3) is 0 Å². The summed E-state index contributed by atoms with van der Waals surface area (Å²) in [5, 5.41) is 13.8. The second-order valence-corrected chi connectivity index (χ2v) is 7.41. The molecule has 0 radical (unpaired) electrons. The van der Waals surface area contributed by atoms with Gasteiger partial charge in [0.2, 0.25) is 0 Å². The van der Waals surface area contributed by atoms with Crippen LogP contribution in [0.3, 0.4) is 0 Å². The molecular weight excluding hydrogens is 304 g/mol. The average molecular weight is 332 g/mol. The molecule has 0 spiro atoms. The molecule has 1 atom stereocenters. The highest BCUT2D eigenvalue weighted by atomic mass is 14.9. The maximum Gasteiger partial charge on any atom is 0.108 e. The van der Waals surface area contributed by atoms with Gasteiger partial charge in [0.05, 0.1) is 6.07 Å². The van der Waals surface area contributed by atoms with Gasteiger partial charge in [-0.2, -0.15) is 5.26 Å². The predicted molar refractivity (Wildman–Crippen MR) is 104 cm³/mol. The van der Waals surface area contributed by atoms with Crippen molar-refractivity contribution >= 4 is 0 Å². The van der Waals surface area contributed by atoms with Gasteiger partial charge in [-0.15, -0.1) is 0 Å². The first-order chi connectivity index (χ1) is 12.1. The number of fused-ring (bicyclic) bond motifs is 3. The van der Waals surface area contributed by atoms with E-state index in [1.54, 1.807) is 0 Å². The van der Waals surface area contributed by atoms with E-state index >= 15 is 0 Å². The predicted octanol–water partition coefficient (Wildman–Crippen LogP) is 5.28. The van der Waals surface area contributed by atoms with Crippen LogP contribution < -0.4 is 5.32 Å². The third kappa shape index (κ3) is 3.10. The third-order valence-electron chi connectivity index (χ3n) is 5.59. The molecule has 0 saturated carbocycles. The van der Waals surface area contributed by atoms with Gasteiger partial charge in [-0.05, 0) is 54.0 Å². The van der Waals surface area contributed by atoms with Crippen LogP contribution in [-0.4, -0.2) is 12.6 Å². The van der Waals surface area contributed by atoms with Gasteiger partial charge < -0.3 is 5.32 Å². The van der Waals surface area contributed by atoms with Crippen molar-refractivity contribution in [2.45, 2.75) is 51.5 Å². The molecule has 2 nitrogen and oxygen atoms in total. The molecule has 2 aromatic carbocycles. The van der Waals surface area contributed by atoms with Crippen LogP contribution >= 0.6 is 0 Å². The van der Waals surface area contributed by atoms with E-state index in [2.05, 4.69) is 80.7 Å². The van der Waals surface area contributed by atoms with Gasteiger partial charge in [0, 0.05) is 6.04 Å². The van der Waals surface area contributed by atoms with Crippen LogP contribution in [-0.2, 0) is 5.41 Å². The smallest absolute Gasteiger partial charge is 0.108 e. The average Bonchev–Trinajstić information content (AvgIpc) is 2.92. The SMILES string of the molecule is CCNC(CCCC1(C#N)c2ccccc2-c2ccccc21)C(C)C. The molecule has 0 aliphatic heterocycles. The lowest BCUT2D eigenvalue weighted by Crippen LogP contribution is -2.34. The van der Waals surface area contributed by atoms with Gasteiger partial charge in [-0.25, -0.2) is 0 Å². The van der Waals surface area contributed by atoms with Crippen LogP contribution in [0.1, 0.15) is 51.2 Å². The first-order valence-electron chi connectivity index (χ1n) is 9.48. The first kappa shape index (κ1) is 17.7. The monoisotopic (exact) mass is 332 g/mol. The third-order valence-corrected chi connectivity index (χ3v) is 5.59. The van der Waals surface area contributed by atoms with E-state index < -0.39 is 5.41 Å². The number of nitrogens with zero attached hydrogens (tertiary/aromatic N) is 1. The standard InChI is InChI=1S/C23H28N2/c1-4-25-22(17(2)3)14-9-15-23(16-24)20-12-7-5-10-18(20)19-11-6-8-13-21(19)23/h5-8,10-13,17,22,25H,4,9,14-15H2,1-3H3. The highest BCUT2D eigenvalue weighted by Crippen LogP contribution is 2.51. The maximum atomic E-state index is 10.2. The van der Waals surface area contributed by atoms with Crippen molar-refractivity contribution in [1.82, 2.24) is 5.32 Å². The van der Waals surface area contributed by atoms with Gasteiger partial charge in [0.15, 0.2) is 0 Å². The first-order valence-corrected chi connectivity index (χ1v) is 9.48. The largest absolute Gasteiger partial charge is 0.314 e. The number of hydrogen-bond acceptors (Lipinski definition) is 2. The van der Waals surface area contributed by atoms with Gasteiger partial charge in [-0.1, -0.05) is 69.3 Å². The van der Waals surface area contributed by atoms with E-state index in [1.807, 2.05) is 0 Å². The van der Waals surface area contributed by atoms with Gasteiger partial charge >= 0.3 is 0 Å². The maximum absolute atomic E-state index is 10.2. The quantitative estimate of drug-likeness (QED) is 0.748. The van der Waals surface area contributed by atoms with Gasteiger partial charge in [0.1, 0.15) is 5.41 Å². The normalized spacial score (nSPS) is 15.5. The number of nitrogens with one attached hydrogen (secondary N) is 1. The molecule has 2 aromatic rings. The van der Waals surface area contributed by atoms with Crippen LogP contribution in [0.4, 0.5) is 0 Å². The number of rotatable bonds is 7. The minimum absolute atomic E-state index is 0.499. The van der Waals surface area contributed by atoms with Crippen molar-refractivity contribution in [2.24, 2.45) is 5.92 Å². The molecule has 130 valence electrons. The molecule has 3 rings (SSSR count). The summed E-state index contributed by atoms with van der Waals surface area (Å²) in [5.74, 6) is 0.612. The van der Waals surface area contributed by atoms with Crippen LogP contribution in [0.15, 0.2) is 48.5 Å². The summed E-state index contributed by atoms with van der Waals surface area (Å²) >= 11 is 0. The molecule has 1 unspecified atom stereocenters. The summed E-state index contributed by atoms with van der Waals surface area (Å²) in [7, 11) is 0. The Kier molecular flexibility index (Phi) is 5.25. The molecule has 0 aromatic heterocycles. The zero-order valence-electron chi connectivity index (χ0n) is 15.5. The summed E-state index contributed by atoms with van der Waals surface area (Å²) in [6, 6.07) is 20.1. The van der Waals surface area contributed by atoms with Crippen LogP contribution in [0.25, 0.3) is 11.1 Å². The van der Waals surface area contributed by atoms with Crippen molar-refractivity contribution in [3.8, 4) is 17.2 Å². The van der Waals surface area contributed by atoms with E-state index in [0.29, 0.717) is 12.0 Å². The van der Waals surface area contributed by atoms with Crippen LogP contribution in [0.2, 0.25) is 0 Å². The Morgan fingerprint density at radius 3 is 2.04 bits per heavy atom. The molecule has 0 fully saturated rings. The molecule has 0 heterocycles.